The van der Waals surface area contributed by atoms with Crippen LogP contribution in [-0.2, 0) is 9.59 Å². The standard InChI is InChI=1S/C13H13FN2O3/c1-7-3-4-9(5-10(7)14)13(19)16-6-11(17)15-12(18)8(16)2/h3-5,8H,6H2,1-2H3,(H,15,17,18). The second kappa shape index (κ2) is 4.79. The zero-order valence-corrected chi connectivity index (χ0v) is 10.6. The van der Waals surface area contributed by atoms with Crippen LogP contribution in [0.2, 0.25) is 0 Å². The maximum Gasteiger partial charge on any atom is 0.255 e. The Morgan fingerprint density at radius 1 is 1.42 bits per heavy atom. The monoisotopic (exact) mass is 264 g/mol. The van der Waals surface area contributed by atoms with E-state index in [0.717, 1.165) is 11.0 Å². The molecular formula is C13H13FN2O3. The Labute approximate surface area is 109 Å². The van der Waals surface area contributed by atoms with Crippen molar-refractivity contribution in [2.75, 3.05) is 6.54 Å². The van der Waals surface area contributed by atoms with E-state index >= 15 is 0 Å². The Morgan fingerprint density at radius 2 is 2.11 bits per heavy atom. The Kier molecular flexibility index (Phi) is 3.33. The summed E-state index contributed by atoms with van der Waals surface area (Å²) >= 11 is 0. The van der Waals surface area contributed by atoms with Gasteiger partial charge in [-0.05, 0) is 31.5 Å². The van der Waals surface area contributed by atoms with E-state index in [0.29, 0.717) is 5.56 Å². The van der Waals surface area contributed by atoms with Crippen LogP contribution in [0.4, 0.5) is 4.39 Å². The molecule has 1 saturated heterocycles. The first-order chi connectivity index (χ1) is 8.90. The van der Waals surface area contributed by atoms with E-state index < -0.39 is 29.6 Å². The van der Waals surface area contributed by atoms with Gasteiger partial charge in [-0.15, -0.1) is 0 Å². The van der Waals surface area contributed by atoms with Crippen molar-refractivity contribution in [3.63, 3.8) is 0 Å². The molecule has 1 N–H and O–H groups in total. The van der Waals surface area contributed by atoms with Gasteiger partial charge in [0.2, 0.25) is 11.8 Å². The van der Waals surface area contributed by atoms with Crippen LogP contribution < -0.4 is 5.32 Å². The molecule has 1 aliphatic heterocycles. The number of nitrogens with one attached hydrogen (secondary N) is 1. The van der Waals surface area contributed by atoms with Gasteiger partial charge in [0.25, 0.3) is 5.91 Å². The summed E-state index contributed by atoms with van der Waals surface area (Å²) in [7, 11) is 0. The third-order valence-corrected chi connectivity index (χ3v) is 3.10. The molecule has 1 fully saturated rings. The minimum Gasteiger partial charge on any atom is -0.318 e. The predicted molar refractivity (Wildman–Crippen MR) is 64.8 cm³/mol. The highest BCUT2D eigenvalue weighted by Crippen LogP contribution is 2.14. The van der Waals surface area contributed by atoms with Crippen LogP contribution >= 0.6 is 0 Å². The van der Waals surface area contributed by atoms with E-state index in [-0.39, 0.29) is 12.1 Å². The third kappa shape index (κ3) is 2.47. The number of imide groups is 1. The van der Waals surface area contributed by atoms with Crippen LogP contribution in [0.5, 0.6) is 0 Å². The number of hydrogen-bond donors (Lipinski definition) is 1. The first-order valence-electron chi connectivity index (χ1n) is 5.81. The first kappa shape index (κ1) is 13.2. The summed E-state index contributed by atoms with van der Waals surface area (Å²) in [5.41, 5.74) is 0.550. The molecule has 0 spiro atoms. The average molecular weight is 264 g/mol. The molecule has 5 nitrogen and oxygen atoms in total. The molecule has 100 valence electrons. The van der Waals surface area contributed by atoms with E-state index in [1.807, 2.05) is 0 Å². The smallest absolute Gasteiger partial charge is 0.255 e. The molecule has 0 radical (unpaired) electrons. The largest absolute Gasteiger partial charge is 0.318 e. The minimum atomic E-state index is -0.755. The number of benzene rings is 1. The lowest BCUT2D eigenvalue weighted by Crippen LogP contribution is -2.58. The van der Waals surface area contributed by atoms with Crippen molar-refractivity contribution >= 4 is 17.7 Å². The molecule has 1 atom stereocenters. The number of rotatable bonds is 1. The SMILES string of the molecule is Cc1ccc(C(=O)N2CC(=O)NC(=O)C2C)cc1F. The number of halogens is 1. The second-order valence-electron chi connectivity index (χ2n) is 4.49. The normalized spacial score (nSPS) is 19.3. The highest BCUT2D eigenvalue weighted by molar-refractivity contribution is 6.07. The molecule has 1 heterocycles. The fraction of sp³-hybridized carbons (Fsp3) is 0.308. The number of nitrogens with zero attached hydrogens (tertiary/aromatic N) is 1. The molecule has 6 heteroatoms. The van der Waals surface area contributed by atoms with Crippen molar-refractivity contribution in [2.24, 2.45) is 0 Å². The van der Waals surface area contributed by atoms with Crippen LogP contribution in [-0.4, -0.2) is 35.2 Å². The molecule has 0 bridgehead atoms. The Hall–Kier alpha value is -2.24. The topological polar surface area (TPSA) is 66.5 Å². The van der Waals surface area contributed by atoms with Crippen LogP contribution in [0.3, 0.4) is 0 Å². The van der Waals surface area contributed by atoms with Crippen molar-refractivity contribution in [3.8, 4) is 0 Å². The average Bonchev–Trinajstić information content (AvgIpc) is 2.36. The summed E-state index contributed by atoms with van der Waals surface area (Å²) in [5, 5.41) is 2.14. The molecule has 19 heavy (non-hydrogen) atoms. The fourth-order valence-corrected chi connectivity index (χ4v) is 1.85. The van der Waals surface area contributed by atoms with Gasteiger partial charge in [-0.25, -0.2) is 4.39 Å². The zero-order valence-electron chi connectivity index (χ0n) is 10.6. The number of amides is 3. The maximum atomic E-state index is 13.4. The van der Waals surface area contributed by atoms with E-state index in [2.05, 4.69) is 5.32 Å². The van der Waals surface area contributed by atoms with Gasteiger partial charge in [0, 0.05) is 5.56 Å². The van der Waals surface area contributed by atoms with E-state index in [9.17, 15) is 18.8 Å². The molecule has 1 unspecified atom stereocenters. The molecule has 1 aliphatic rings. The molecule has 1 aromatic carbocycles. The number of carbonyl (C=O) groups is 3. The number of hydrogen-bond acceptors (Lipinski definition) is 3. The molecule has 0 aliphatic carbocycles. The van der Waals surface area contributed by atoms with Gasteiger partial charge in [-0.1, -0.05) is 6.07 Å². The predicted octanol–water partition coefficient (Wildman–Crippen LogP) is 0.621. The van der Waals surface area contributed by atoms with E-state index in [1.165, 1.54) is 19.1 Å². The lowest BCUT2D eigenvalue weighted by molar-refractivity contribution is -0.138. The molecular weight excluding hydrogens is 251 g/mol. The van der Waals surface area contributed by atoms with Gasteiger partial charge in [0.05, 0.1) is 0 Å². The number of carbonyl (C=O) groups excluding carboxylic acids is 3. The summed E-state index contributed by atoms with van der Waals surface area (Å²) in [4.78, 5) is 36.1. The Bertz CT molecular complexity index is 571. The summed E-state index contributed by atoms with van der Waals surface area (Å²) in [6.45, 7) is 2.90. The lowest BCUT2D eigenvalue weighted by Gasteiger charge is -2.31. The van der Waals surface area contributed by atoms with Crippen LogP contribution in [0.15, 0.2) is 18.2 Å². The third-order valence-electron chi connectivity index (χ3n) is 3.10. The molecule has 2 rings (SSSR count). The van der Waals surface area contributed by atoms with E-state index in [1.54, 1.807) is 6.92 Å². The Morgan fingerprint density at radius 3 is 2.74 bits per heavy atom. The first-order valence-corrected chi connectivity index (χ1v) is 5.81. The molecule has 1 aromatic rings. The number of aryl methyl sites for hydroxylation is 1. The fourth-order valence-electron chi connectivity index (χ4n) is 1.85. The van der Waals surface area contributed by atoms with Crippen molar-refractivity contribution in [2.45, 2.75) is 19.9 Å². The molecule has 3 amide bonds. The quantitative estimate of drug-likeness (QED) is 0.756. The van der Waals surface area contributed by atoms with Crippen molar-refractivity contribution in [1.82, 2.24) is 10.2 Å². The van der Waals surface area contributed by atoms with Gasteiger partial charge in [-0.2, -0.15) is 0 Å². The maximum absolute atomic E-state index is 13.4. The van der Waals surface area contributed by atoms with Crippen LogP contribution in [0, 0.1) is 12.7 Å². The highest BCUT2D eigenvalue weighted by atomic mass is 19.1. The zero-order chi connectivity index (χ0) is 14.2. The second-order valence-corrected chi connectivity index (χ2v) is 4.49. The van der Waals surface area contributed by atoms with Gasteiger partial charge < -0.3 is 4.90 Å². The highest BCUT2D eigenvalue weighted by Gasteiger charge is 2.34. The summed E-state index contributed by atoms with van der Waals surface area (Å²) in [6, 6.07) is 3.32. The number of piperazine rings is 1. The van der Waals surface area contributed by atoms with Crippen LogP contribution in [0.25, 0.3) is 0 Å². The molecule has 0 saturated carbocycles. The summed E-state index contributed by atoms with van der Waals surface area (Å²) in [6.07, 6.45) is 0. The summed E-state index contributed by atoms with van der Waals surface area (Å²) in [5.74, 6) is -2.10. The van der Waals surface area contributed by atoms with Crippen molar-refractivity contribution in [3.05, 3.63) is 35.1 Å². The van der Waals surface area contributed by atoms with Gasteiger partial charge in [-0.3, -0.25) is 19.7 Å². The Balaban J connectivity index is 2.29. The van der Waals surface area contributed by atoms with E-state index in [4.69, 9.17) is 0 Å². The molecule has 0 aromatic heterocycles. The van der Waals surface area contributed by atoms with Gasteiger partial charge in [0.1, 0.15) is 18.4 Å². The van der Waals surface area contributed by atoms with Crippen LogP contribution in [0.1, 0.15) is 22.8 Å². The van der Waals surface area contributed by atoms with Crippen molar-refractivity contribution in [1.29, 1.82) is 0 Å². The lowest BCUT2D eigenvalue weighted by atomic mass is 10.1. The van der Waals surface area contributed by atoms with Gasteiger partial charge >= 0.3 is 0 Å². The van der Waals surface area contributed by atoms with Crippen molar-refractivity contribution < 1.29 is 18.8 Å². The minimum absolute atomic E-state index is 0.123. The summed E-state index contributed by atoms with van der Waals surface area (Å²) < 4.78 is 13.4. The van der Waals surface area contributed by atoms with Gasteiger partial charge in [0.15, 0.2) is 0 Å².